The van der Waals surface area contributed by atoms with E-state index in [1.54, 1.807) is 0 Å². The number of morpholine rings is 1. The van der Waals surface area contributed by atoms with Gasteiger partial charge in [0.1, 0.15) is 12.5 Å². The first-order chi connectivity index (χ1) is 10.6. The van der Waals surface area contributed by atoms with Crippen molar-refractivity contribution in [3.63, 3.8) is 0 Å². The maximum absolute atomic E-state index is 14.6. The molecule has 0 N–H and O–H groups in total. The largest absolute Gasteiger partial charge is 0.460 e. The number of ether oxygens (including phenoxy) is 2. The Balaban J connectivity index is 1.53. The second-order valence-corrected chi connectivity index (χ2v) is 5.62. The van der Waals surface area contributed by atoms with E-state index in [0.29, 0.717) is 26.3 Å². The fourth-order valence-electron chi connectivity index (χ4n) is 2.60. The van der Waals surface area contributed by atoms with Crippen LogP contribution >= 0.6 is 0 Å². The van der Waals surface area contributed by atoms with Gasteiger partial charge in [-0.15, -0.1) is 0 Å². The number of nitrogens with zero attached hydrogens (tertiary/aromatic N) is 1. The van der Waals surface area contributed by atoms with E-state index in [9.17, 15) is 14.0 Å². The summed E-state index contributed by atoms with van der Waals surface area (Å²) >= 11 is 0. The first-order valence-electron chi connectivity index (χ1n) is 7.38. The van der Waals surface area contributed by atoms with Crippen LogP contribution in [0.1, 0.15) is 12.0 Å². The first-order valence-corrected chi connectivity index (χ1v) is 7.38. The van der Waals surface area contributed by atoms with Gasteiger partial charge < -0.3 is 14.4 Å². The maximum Gasteiger partial charge on any atom is 0.313 e. The highest BCUT2D eigenvalue weighted by Gasteiger charge is 2.67. The van der Waals surface area contributed by atoms with E-state index in [2.05, 4.69) is 0 Å². The van der Waals surface area contributed by atoms with Crippen molar-refractivity contribution in [2.75, 3.05) is 26.3 Å². The van der Waals surface area contributed by atoms with Crippen LogP contribution < -0.4 is 0 Å². The van der Waals surface area contributed by atoms with Crippen LogP contribution in [0.15, 0.2) is 30.3 Å². The first kappa shape index (κ1) is 15.0. The van der Waals surface area contributed by atoms with Crippen molar-refractivity contribution in [3.05, 3.63) is 35.9 Å². The summed E-state index contributed by atoms with van der Waals surface area (Å²) < 4.78 is 24.8. The predicted octanol–water partition coefficient (Wildman–Crippen LogP) is 1.32. The molecule has 2 atom stereocenters. The van der Waals surface area contributed by atoms with Crippen molar-refractivity contribution >= 4 is 11.9 Å². The number of hydrogen-bond acceptors (Lipinski definition) is 4. The lowest BCUT2D eigenvalue weighted by Crippen LogP contribution is -2.46. The molecule has 1 amide bonds. The summed E-state index contributed by atoms with van der Waals surface area (Å²) in [5.41, 5.74) is -1.26. The van der Waals surface area contributed by atoms with Gasteiger partial charge in [0, 0.05) is 19.5 Å². The normalized spacial score (nSPS) is 27.3. The van der Waals surface area contributed by atoms with Gasteiger partial charge in [-0.3, -0.25) is 9.59 Å². The molecule has 0 radical (unpaired) electrons. The number of rotatable bonds is 4. The molecule has 1 aliphatic carbocycles. The van der Waals surface area contributed by atoms with Gasteiger partial charge in [-0.2, -0.15) is 0 Å². The zero-order valence-corrected chi connectivity index (χ0v) is 12.2. The van der Waals surface area contributed by atoms with Crippen LogP contribution in [0.25, 0.3) is 0 Å². The Morgan fingerprint density at radius 1 is 1.27 bits per heavy atom. The SMILES string of the molecule is O=C(OCc1ccccc1)[C@H]1C[C@]1(F)C(=O)N1CCOCC1. The molecule has 1 aliphatic heterocycles. The molecule has 0 aromatic heterocycles. The summed E-state index contributed by atoms with van der Waals surface area (Å²) in [6, 6.07) is 9.17. The molecule has 118 valence electrons. The fourth-order valence-corrected chi connectivity index (χ4v) is 2.60. The van der Waals surface area contributed by atoms with Crippen molar-refractivity contribution in [3.8, 4) is 0 Å². The quantitative estimate of drug-likeness (QED) is 0.787. The van der Waals surface area contributed by atoms with Gasteiger partial charge in [0.2, 0.25) is 5.67 Å². The third kappa shape index (κ3) is 2.97. The fraction of sp³-hybridized carbons (Fsp3) is 0.500. The maximum atomic E-state index is 14.6. The number of amides is 1. The molecule has 0 spiro atoms. The number of benzene rings is 1. The summed E-state index contributed by atoms with van der Waals surface area (Å²) in [7, 11) is 0. The van der Waals surface area contributed by atoms with E-state index >= 15 is 0 Å². The van der Waals surface area contributed by atoms with Gasteiger partial charge in [-0.05, 0) is 5.56 Å². The van der Waals surface area contributed by atoms with Gasteiger partial charge in [-0.25, -0.2) is 4.39 Å². The number of alkyl halides is 1. The van der Waals surface area contributed by atoms with Gasteiger partial charge in [0.05, 0.1) is 13.2 Å². The predicted molar refractivity (Wildman–Crippen MR) is 75.6 cm³/mol. The summed E-state index contributed by atoms with van der Waals surface area (Å²) in [5.74, 6) is -2.24. The highest BCUT2D eigenvalue weighted by Crippen LogP contribution is 2.49. The molecule has 1 saturated carbocycles. The van der Waals surface area contributed by atoms with E-state index in [0.717, 1.165) is 5.56 Å². The Labute approximate surface area is 128 Å². The smallest absolute Gasteiger partial charge is 0.313 e. The van der Waals surface area contributed by atoms with Crippen LogP contribution in [0, 0.1) is 5.92 Å². The lowest BCUT2D eigenvalue weighted by molar-refractivity contribution is -0.152. The van der Waals surface area contributed by atoms with Gasteiger partial charge in [-0.1, -0.05) is 30.3 Å². The van der Waals surface area contributed by atoms with Crippen molar-refractivity contribution in [2.24, 2.45) is 5.92 Å². The minimum Gasteiger partial charge on any atom is -0.460 e. The van der Waals surface area contributed by atoms with Crippen molar-refractivity contribution in [1.82, 2.24) is 4.90 Å². The summed E-state index contributed by atoms with van der Waals surface area (Å²) in [4.78, 5) is 25.5. The Morgan fingerprint density at radius 3 is 2.64 bits per heavy atom. The van der Waals surface area contributed by atoms with E-state index in [-0.39, 0.29) is 13.0 Å². The van der Waals surface area contributed by atoms with E-state index in [1.165, 1.54) is 4.90 Å². The molecule has 1 aromatic carbocycles. The molecule has 3 rings (SSSR count). The Morgan fingerprint density at radius 2 is 1.95 bits per heavy atom. The van der Waals surface area contributed by atoms with Crippen LogP contribution in [-0.2, 0) is 25.7 Å². The molecule has 6 heteroatoms. The molecule has 1 aromatic rings. The zero-order valence-electron chi connectivity index (χ0n) is 12.2. The number of carbonyl (C=O) groups is 2. The van der Waals surface area contributed by atoms with E-state index in [4.69, 9.17) is 9.47 Å². The zero-order chi connectivity index (χ0) is 15.6. The van der Waals surface area contributed by atoms with Crippen LogP contribution in [0.3, 0.4) is 0 Å². The van der Waals surface area contributed by atoms with E-state index < -0.39 is 23.5 Å². The summed E-state index contributed by atoms with van der Waals surface area (Å²) in [6.45, 7) is 1.65. The Bertz CT molecular complexity index is 559. The molecule has 1 saturated heterocycles. The molecule has 22 heavy (non-hydrogen) atoms. The average molecular weight is 307 g/mol. The van der Waals surface area contributed by atoms with Crippen LogP contribution in [0.5, 0.6) is 0 Å². The number of hydrogen-bond donors (Lipinski definition) is 0. The van der Waals surface area contributed by atoms with Crippen molar-refractivity contribution < 1.29 is 23.5 Å². The standard InChI is InChI=1S/C16H18FNO4/c17-16(15(20)18-6-8-21-9-7-18)10-13(16)14(19)22-11-12-4-2-1-3-5-12/h1-5,13H,6-11H2/t13-,16-/m1/s1. The Kier molecular flexibility index (Phi) is 4.11. The molecule has 0 unspecified atom stereocenters. The monoisotopic (exact) mass is 307 g/mol. The Hall–Kier alpha value is -1.95. The lowest BCUT2D eigenvalue weighted by atomic mass is 10.2. The molecule has 5 nitrogen and oxygen atoms in total. The molecule has 0 bridgehead atoms. The van der Waals surface area contributed by atoms with Crippen molar-refractivity contribution in [1.29, 1.82) is 0 Å². The number of esters is 1. The van der Waals surface area contributed by atoms with Crippen LogP contribution in [0.2, 0.25) is 0 Å². The molecular weight excluding hydrogens is 289 g/mol. The third-order valence-electron chi connectivity index (χ3n) is 4.06. The number of carbonyl (C=O) groups excluding carboxylic acids is 2. The van der Waals surface area contributed by atoms with Crippen LogP contribution in [0.4, 0.5) is 4.39 Å². The summed E-state index contributed by atoms with van der Waals surface area (Å²) in [5, 5.41) is 0. The van der Waals surface area contributed by atoms with Gasteiger partial charge in [0.25, 0.3) is 5.91 Å². The van der Waals surface area contributed by atoms with Crippen LogP contribution in [-0.4, -0.2) is 48.7 Å². The lowest BCUT2D eigenvalue weighted by Gasteiger charge is -2.28. The second kappa shape index (κ2) is 6.04. The van der Waals surface area contributed by atoms with Crippen molar-refractivity contribution in [2.45, 2.75) is 18.7 Å². The minimum absolute atomic E-state index is 0.0865. The second-order valence-electron chi connectivity index (χ2n) is 5.62. The minimum atomic E-state index is -2.09. The highest BCUT2D eigenvalue weighted by atomic mass is 19.1. The van der Waals surface area contributed by atoms with Gasteiger partial charge >= 0.3 is 5.97 Å². The molecule has 2 fully saturated rings. The summed E-state index contributed by atoms with van der Waals surface area (Å²) in [6.07, 6.45) is -0.0865. The van der Waals surface area contributed by atoms with E-state index in [1.807, 2.05) is 30.3 Å². The average Bonchev–Trinajstić information content (AvgIpc) is 3.27. The molecule has 1 heterocycles. The molecular formula is C16H18FNO4. The highest BCUT2D eigenvalue weighted by molar-refractivity contribution is 5.96. The van der Waals surface area contributed by atoms with Gasteiger partial charge in [0.15, 0.2) is 0 Å². The molecule has 2 aliphatic rings. The topological polar surface area (TPSA) is 55.8 Å². The third-order valence-corrected chi connectivity index (χ3v) is 4.06. The number of halogens is 1.